The minimum Gasteiger partial charge on any atom is -0.464 e. The Balaban J connectivity index is 1.97. The van der Waals surface area contributed by atoms with E-state index in [4.69, 9.17) is 4.74 Å². The first kappa shape index (κ1) is 20.6. The first-order valence-corrected chi connectivity index (χ1v) is 11.5. The molecule has 7 heteroatoms. The second-order valence-electron chi connectivity index (χ2n) is 7.90. The number of nitrogens with one attached hydrogen (secondary N) is 1. The highest BCUT2D eigenvalue weighted by molar-refractivity contribution is 7.90. The van der Waals surface area contributed by atoms with Crippen LogP contribution in [0.4, 0.5) is 0 Å². The van der Waals surface area contributed by atoms with Crippen molar-refractivity contribution in [1.82, 2.24) is 9.29 Å². The lowest BCUT2D eigenvalue weighted by Gasteiger charge is -2.24. The van der Waals surface area contributed by atoms with Crippen molar-refractivity contribution in [2.45, 2.75) is 37.5 Å². The minimum atomic E-state index is -3.98. The standard InChI is InChI=1S/C23H26N2O4S/c1-15-4-6-19(7-5-15)30(27,28)25-21-14-20(17-8-10-24-11-9-17)16(2)12-18(21)13-22(25)23(26)29-3/h4-7,12-14,17,24H,8-11H2,1-3H3. The normalized spacial score (nSPS) is 15.4. The van der Waals surface area contributed by atoms with Crippen molar-refractivity contribution in [2.75, 3.05) is 20.2 Å². The zero-order chi connectivity index (χ0) is 21.5. The highest BCUT2D eigenvalue weighted by atomic mass is 32.2. The van der Waals surface area contributed by atoms with Crippen molar-refractivity contribution in [3.63, 3.8) is 0 Å². The summed E-state index contributed by atoms with van der Waals surface area (Å²) >= 11 is 0. The van der Waals surface area contributed by atoms with Gasteiger partial charge in [-0.3, -0.25) is 0 Å². The van der Waals surface area contributed by atoms with E-state index in [2.05, 4.69) is 5.32 Å². The number of carbonyl (C=O) groups excluding carboxylic acids is 1. The number of carbonyl (C=O) groups is 1. The number of fused-ring (bicyclic) bond motifs is 1. The molecule has 3 aromatic rings. The van der Waals surface area contributed by atoms with Gasteiger partial charge >= 0.3 is 5.97 Å². The van der Waals surface area contributed by atoms with Gasteiger partial charge in [-0.15, -0.1) is 0 Å². The Morgan fingerprint density at radius 3 is 2.37 bits per heavy atom. The molecule has 30 heavy (non-hydrogen) atoms. The predicted octanol–water partition coefficient (Wildman–Crippen LogP) is 3.75. The topological polar surface area (TPSA) is 77.4 Å². The average molecular weight is 427 g/mol. The number of hydrogen-bond acceptors (Lipinski definition) is 5. The monoisotopic (exact) mass is 426 g/mol. The van der Waals surface area contributed by atoms with Gasteiger partial charge in [-0.1, -0.05) is 17.7 Å². The van der Waals surface area contributed by atoms with Crippen LogP contribution in [0.25, 0.3) is 10.9 Å². The van der Waals surface area contributed by atoms with Crippen LogP contribution >= 0.6 is 0 Å². The summed E-state index contributed by atoms with van der Waals surface area (Å²) in [7, 11) is -2.72. The van der Waals surface area contributed by atoms with E-state index in [0.29, 0.717) is 16.8 Å². The van der Waals surface area contributed by atoms with Gasteiger partial charge in [0.1, 0.15) is 5.69 Å². The van der Waals surface area contributed by atoms with E-state index in [1.54, 1.807) is 30.3 Å². The molecule has 0 spiro atoms. The van der Waals surface area contributed by atoms with E-state index in [0.717, 1.165) is 46.6 Å². The van der Waals surface area contributed by atoms with Crippen LogP contribution in [0.2, 0.25) is 0 Å². The van der Waals surface area contributed by atoms with Gasteiger partial charge in [0.25, 0.3) is 10.0 Å². The Labute approximate surface area is 176 Å². The largest absolute Gasteiger partial charge is 0.464 e. The van der Waals surface area contributed by atoms with Crippen molar-refractivity contribution >= 4 is 26.9 Å². The molecule has 4 rings (SSSR count). The van der Waals surface area contributed by atoms with Crippen molar-refractivity contribution in [3.8, 4) is 0 Å². The number of piperidine rings is 1. The van der Waals surface area contributed by atoms with Gasteiger partial charge < -0.3 is 10.1 Å². The molecular weight excluding hydrogens is 400 g/mol. The Bertz CT molecular complexity index is 1200. The highest BCUT2D eigenvalue weighted by Crippen LogP contribution is 2.34. The van der Waals surface area contributed by atoms with Gasteiger partial charge in [0.15, 0.2) is 0 Å². The summed E-state index contributed by atoms with van der Waals surface area (Å²) in [5.74, 6) is -0.314. The summed E-state index contributed by atoms with van der Waals surface area (Å²) in [6.07, 6.45) is 2.00. The zero-order valence-corrected chi connectivity index (χ0v) is 18.3. The molecule has 0 amide bonds. The van der Waals surface area contributed by atoms with Crippen LogP contribution < -0.4 is 5.32 Å². The summed E-state index contributed by atoms with van der Waals surface area (Å²) in [4.78, 5) is 12.6. The molecule has 0 bridgehead atoms. The Morgan fingerprint density at radius 2 is 1.73 bits per heavy atom. The molecule has 0 unspecified atom stereocenters. The molecule has 1 N–H and O–H groups in total. The lowest BCUT2D eigenvalue weighted by Crippen LogP contribution is -2.27. The number of aryl methyl sites for hydroxylation is 2. The summed E-state index contributed by atoms with van der Waals surface area (Å²) in [5, 5.41) is 4.08. The summed E-state index contributed by atoms with van der Waals surface area (Å²) < 4.78 is 33.2. The van der Waals surface area contributed by atoms with E-state index in [-0.39, 0.29) is 10.6 Å². The molecular formula is C23H26N2O4S. The number of benzene rings is 2. The molecule has 1 aliphatic heterocycles. The maximum atomic E-state index is 13.6. The van der Waals surface area contributed by atoms with Crippen molar-refractivity contribution in [1.29, 1.82) is 0 Å². The van der Waals surface area contributed by atoms with E-state index in [1.165, 1.54) is 7.11 Å². The zero-order valence-electron chi connectivity index (χ0n) is 17.4. The molecule has 2 heterocycles. The first-order chi connectivity index (χ1) is 14.3. The van der Waals surface area contributed by atoms with Gasteiger partial charge in [-0.25, -0.2) is 17.2 Å². The lowest BCUT2D eigenvalue weighted by molar-refractivity contribution is 0.0593. The van der Waals surface area contributed by atoms with Crippen LogP contribution in [0.5, 0.6) is 0 Å². The van der Waals surface area contributed by atoms with Gasteiger partial charge in [0, 0.05) is 5.39 Å². The SMILES string of the molecule is COC(=O)c1cc2cc(C)c(C3CCNCC3)cc2n1S(=O)(=O)c1ccc(C)cc1. The van der Waals surface area contributed by atoms with Crippen LogP contribution in [-0.2, 0) is 14.8 Å². The Morgan fingerprint density at radius 1 is 1.07 bits per heavy atom. The first-order valence-electron chi connectivity index (χ1n) is 10.1. The summed E-state index contributed by atoms with van der Waals surface area (Å²) in [6, 6.07) is 12.2. The highest BCUT2D eigenvalue weighted by Gasteiger charge is 2.28. The fraction of sp³-hybridized carbons (Fsp3) is 0.348. The smallest absolute Gasteiger partial charge is 0.355 e. The van der Waals surface area contributed by atoms with Crippen LogP contribution in [0, 0.1) is 13.8 Å². The molecule has 1 aliphatic rings. The fourth-order valence-electron chi connectivity index (χ4n) is 4.26. The van der Waals surface area contributed by atoms with Gasteiger partial charge in [-0.2, -0.15) is 0 Å². The van der Waals surface area contributed by atoms with Crippen molar-refractivity contribution in [2.24, 2.45) is 0 Å². The second kappa shape index (κ2) is 7.89. The van der Waals surface area contributed by atoms with Crippen LogP contribution in [0.15, 0.2) is 47.4 Å². The van der Waals surface area contributed by atoms with Crippen LogP contribution in [-0.4, -0.2) is 38.6 Å². The van der Waals surface area contributed by atoms with Gasteiger partial charge in [-0.05, 0) is 87.2 Å². The third-order valence-corrected chi connectivity index (χ3v) is 7.62. The lowest BCUT2D eigenvalue weighted by atomic mass is 9.87. The van der Waals surface area contributed by atoms with Gasteiger partial charge in [0.05, 0.1) is 17.5 Å². The van der Waals surface area contributed by atoms with E-state index < -0.39 is 16.0 Å². The Kier molecular flexibility index (Phi) is 5.42. The van der Waals surface area contributed by atoms with Crippen LogP contribution in [0.1, 0.15) is 45.9 Å². The molecule has 1 aromatic heterocycles. The minimum absolute atomic E-state index is 0.00920. The number of nitrogens with zero attached hydrogens (tertiary/aromatic N) is 1. The molecule has 1 saturated heterocycles. The predicted molar refractivity (Wildman–Crippen MR) is 117 cm³/mol. The third-order valence-electron chi connectivity index (χ3n) is 5.88. The number of hydrogen-bond donors (Lipinski definition) is 1. The number of methoxy groups -OCH3 is 1. The molecule has 0 aliphatic carbocycles. The molecule has 1 fully saturated rings. The molecule has 0 saturated carbocycles. The third kappa shape index (κ3) is 3.52. The van der Waals surface area contributed by atoms with E-state index in [9.17, 15) is 13.2 Å². The number of rotatable bonds is 4. The molecule has 6 nitrogen and oxygen atoms in total. The average Bonchev–Trinajstić information content (AvgIpc) is 3.12. The Hall–Kier alpha value is -2.64. The number of esters is 1. The van der Waals surface area contributed by atoms with Gasteiger partial charge in [0.2, 0.25) is 0 Å². The number of aromatic nitrogens is 1. The van der Waals surface area contributed by atoms with Crippen molar-refractivity contribution in [3.05, 3.63) is 64.8 Å². The molecule has 158 valence electrons. The van der Waals surface area contributed by atoms with Crippen molar-refractivity contribution < 1.29 is 17.9 Å². The number of ether oxygens (including phenoxy) is 1. The molecule has 0 radical (unpaired) electrons. The van der Waals surface area contributed by atoms with E-state index in [1.807, 2.05) is 26.0 Å². The fourth-order valence-corrected chi connectivity index (χ4v) is 5.75. The van der Waals surface area contributed by atoms with E-state index >= 15 is 0 Å². The maximum Gasteiger partial charge on any atom is 0.355 e. The van der Waals surface area contributed by atoms with Crippen LogP contribution in [0.3, 0.4) is 0 Å². The summed E-state index contributed by atoms with van der Waals surface area (Å²) in [5.41, 5.74) is 3.72. The molecule has 0 atom stereocenters. The maximum absolute atomic E-state index is 13.6. The molecule has 2 aromatic carbocycles. The summed E-state index contributed by atoms with van der Waals surface area (Å²) in [6.45, 7) is 5.83. The quantitative estimate of drug-likeness (QED) is 0.643. The second-order valence-corrected chi connectivity index (χ2v) is 9.68.